The van der Waals surface area contributed by atoms with E-state index in [9.17, 15) is 9.90 Å². The van der Waals surface area contributed by atoms with Crippen LogP contribution in [-0.4, -0.2) is 46.8 Å². The molecule has 1 amide bonds. The van der Waals surface area contributed by atoms with E-state index in [1.54, 1.807) is 10.6 Å². The minimum Gasteiger partial charge on any atom is -0.391 e. The number of hydrogen-bond donors (Lipinski definition) is 2. The monoisotopic (exact) mass is 263 g/mol. The Labute approximate surface area is 111 Å². The second kappa shape index (κ2) is 6.31. The SMILES string of the molecule is COCC(O)CCNC(=O)c1cnc2ccccn12. The summed E-state index contributed by atoms with van der Waals surface area (Å²) in [7, 11) is 1.53. The number of rotatable bonds is 6. The van der Waals surface area contributed by atoms with Crippen molar-refractivity contribution in [3.05, 3.63) is 36.3 Å². The molecule has 0 saturated heterocycles. The van der Waals surface area contributed by atoms with Gasteiger partial charge in [-0.2, -0.15) is 0 Å². The largest absolute Gasteiger partial charge is 0.391 e. The number of imidazole rings is 1. The molecule has 0 aliphatic carbocycles. The van der Waals surface area contributed by atoms with Gasteiger partial charge in [-0.25, -0.2) is 4.98 Å². The number of aliphatic hydroxyl groups is 1. The van der Waals surface area contributed by atoms with Gasteiger partial charge in [0.25, 0.3) is 5.91 Å². The van der Waals surface area contributed by atoms with Crippen LogP contribution in [0.4, 0.5) is 0 Å². The van der Waals surface area contributed by atoms with Crippen LogP contribution in [0.3, 0.4) is 0 Å². The third-order valence-corrected chi connectivity index (χ3v) is 2.77. The molecule has 2 aromatic heterocycles. The third kappa shape index (κ3) is 3.30. The topological polar surface area (TPSA) is 75.9 Å². The molecule has 0 saturated carbocycles. The average Bonchev–Trinajstić information content (AvgIpc) is 2.82. The Kier molecular flexibility index (Phi) is 4.48. The molecule has 0 aliphatic rings. The van der Waals surface area contributed by atoms with E-state index in [0.717, 1.165) is 5.65 Å². The van der Waals surface area contributed by atoms with Crippen molar-refractivity contribution < 1.29 is 14.6 Å². The van der Waals surface area contributed by atoms with Crippen LogP contribution in [0, 0.1) is 0 Å². The van der Waals surface area contributed by atoms with Gasteiger partial charge in [0.2, 0.25) is 0 Å². The Morgan fingerprint density at radius 3 is 3.21 bits per heavy atom. The number of fused-ring (bicyclic) bond motifs is 1. The number of methoxy groups -OCH3 is 1. The summed E-state index contributed by atoms with van der Waals surface area (Å²) in [6.07, 6.45) is 3.22. The maximum Gasteiger partial charge on any atom is 0.269 e. The first-order valence-electron chi connectivity index (χ1n) is 6.09. The first kappa shape index (κ1) is 13.5. The number of aromatic nitrogens is 2. The number of hydrogen-bond acceptors (Lipinski definition) is 4. The van der Waals surface area contributed by atoms with E-state index in [0.29, 0.717) is 18.7 Å². The molecular formula is C13H17N3O3. The lowest BCUT2D eigenvalue weighted by atomic mass is 10.2. The van der Waals surface area contributed by atoms with Crippen molar-refractivity contribution in [3.63, 3.8) is 0 Å². The summed E-state index contributed by atoms with van der Waals surface area (Å²) in [6.45, 7) is 0.662. The number of nitrogens with zero attached hydrogens (tertiary/aromatic N) is 2. The quantitative estimate of drug-likeness (QED) is 0.794. The van der Waals surface area contributed by atoms with Crippen LogP contribution in [0.15, 0.2) is 30.6 Å². The fraction of sp³-hybridized carbons (Fsp3) is 0.385. The fourth-order valence-corrected chi connectivity index (χ4v) is 1.82. The molecule has 0 fully saturated rings. The van der Waals surface area contributed by atoms with Gasteiger partial charge >= 0.3 is 0 Å². The Morgan fingerprint density at radius 1 is 1.58 bits per heavy atom. The zero-order valence-electron chi connectivity index (χ0n) is 10.7. The molecule has 19 heavy (non-hydrogen) atoms. The molecule has 6 nitrogen and oxygen atoms in total. The van der Waals surface area contributed by atoms with Crippen molar-refractivity contribution in [2.75, 3.05) is 20.3 Å². The van der Waals surface area contributed by atoms with Crippen molar-refractivity contribution in [3.8, 4) is 0 Å². The standard InChI is InChI=1S/C13H17N3O3/c1-19-9-10(17)5-6-14-13(18)11-8-15-12-4-2-3-7-16(11)12/h2-4,7-8,10,17H,5-6,9H2,1H3,(H,14,18). The number of carbonyl (C=O) groups is 1. The van der Waals surface area contributed by atoms with Crippen LogP contribution < -0.4 is 5.32 Å². The van der Waals surface area contributed by atoms with Gasteiger partial charge in [-0.3, -0.25) is 9.20 Å². The number of aliphatic hydroxyl groups excluding tert-OH is 1. The third-order valence-electron chi connectivity index (χ3n) is 2.77. The molecule has 0 aromatic carbocycles. The molecule has 102 valence electrons. The Morgan fingerprint density at radius 2 is 2.42 bits per heavy atom. The number of nitrogens with one attached hydrogen (secondary N) is 1. The van der Waals surface area contributed by atoms with Crippen LogP contribution in [0.5, 0.6) is 0 Å². The Bertz CT molecular complexity index is 553. The molecule has 0 spiro atoms. The smallest absolute Gasteiger partial charge is 0.269 e. The lowest BCUT2D eigenvalue weighted by Crippen LogP contribution is -2.29. The first-order valence-corrected chi connectivity index (χ1v) is 6.09. The highest BCUT2D eigenvalue weighted by atomic mass is 16.5. The van der Waals surface area contributed by atoms with E-state index >= 15 is 0 Å². The van der Waals surface area contributed by atoms with Gasteiger partial charge in [0.05, 0.1) is 18.9 Å². The molecule has 2 N–H and O–H groups in total. The molecule has 1 atom stereocenters. The van der Waals surface area contributed by atoms with Gasteiger partial charge in [-0.15, -0.1) is 0 Å². The van der Waals surface area contributed by atoms with E-state index in [2.05, 4.69) is 10.3 Å². The maximum atomic E-state index is 12.0. The number of pyridine rings is 1. The molecule has 0 aliphatic heterocycles. The van der Waals surface area contributed by atoms with Crippen molar-refractivity contribution in [1.82, 2.24) is 14.7 Å². The number of ether oxygens (including phenoxy) is 1. The van der Waals surface area contributed by atoms with E-state index in [-0.39, 0.29) is 12.5 Å². The first-order chi connectivity index (χ1) is 9.22. The lowest BCUT2D eigenvalue weighted by molar-refractivity contribution is 0.0587. The van der Waals surface area contributed by atoms with Crippen LogP contribution in [0.1, 0.15) is 16.9 Å². The van der Waals surface area contributed by atoms with Crippen LogP contribution in [0.25, 0.3) is 5.65 Å². The van der Waals surface area contributed by atoms with Gasteiger partial charge in [-0.1, -0.05) is 6.07 Å². The zero-order valence-corrected chi connectivity index (χ0v) is 10.7. The minimum absolute atomic E-state index is 0.205. The summed E-state index contributed by atoms with van der Waals surface area (Å²) in [4.78, 5) is 16.1. The maximum absolute atomic E-state index is 12.0. The van der Waals surface area contributed by atoms with Crippen LogP contribution in [-0.2, 0) is 4.74 Å². The lowest BCUT2D eigenvalue weighted by Gasteiger charge is -2.09. The molecule has 1 unspecified atom stereocenters. The molecule has 0 bridgehead atoms. The summed E-state index contributed by atoms with van der Waals surface area (Å²) >= 11 is 0. The minimum atomic E-state index is -0.563. The molecule has 2 heterocycles. The molecule has 2 rings (SSSR count). The van der Waals surface area contributed by atoms with Crippen molar-refractivity contribution in [2.24, 2.45) is 0 Å². The van der Waals surface area contributed by atoms with Crippen molar-refractivity contribution in [1.29, 1.82) is 0 Å². The summed E-state index contributed by atoms with van der Waals surface area (Å²) in [5.74, 6) is -0.205. The van der Waals surface area contributed by atoms with Gasteiger partial charge < -0.3 is 15.2 Å². The second-order valence-electron chi connectivity index (χ2n) is 4.23. The summed E-state index contributed by atoms with van der Waals surface area (Å²) in [6, 6.07) is 5.54. The summed E-state index contributed by atoms with van der Waals surface area (Å²) in [5, 5.41) is 12.2. The highest BCUT2D eigenvalue weighted by molar-refractivity contribution is 5.93. The van der Waals surface area contributed by atoms with Gasteiger partial charge in [-0.05, 0) is 18.6 Å². The van der Waals surface area contributed by atoms with Crippen molar-refractivity contribution in [2.45, 2.75) is 12.5 Å². The zero-order chi connectivity index (χ0) is 13.7. The van der Waals surface area contributed by atoms with E-state index in [1.807, 2.05) is 18.2 Å². The van der Waals surface area contributed by atoms with E-state index in [1.165, 1.54) is 13.3 Å². The van der Waals surface area contributed by atoms with Crippen LogP contribution >= 0.6 is 0 Å². The second-order valence-corrected chi connectivity index (χ2v) is 4.23. The highest BCUT2D eigenvalue weighted by Gasteiger charge is 2.11. The van der Waals surface area contributed by atoms with Crippen molar-refractivity contribution >= 4 is 11.6 Å². The average molecular weight is 263 g/mol. The van der Waals surface area contributed by atoms with Crippen LogP contribution in [0.2, 0.25) is 0 Å². The molecule has 2 aromatic rings. The van der Waals surface area contributed by atoms with E-state index in [4.69, 9.17) is 4.74 Å². The van der Waals surface area contributed by atoms with Gasteiger partial charge in [0.15, 0.2) is 0 Å². The summed E-state index contributed by atoms with van der Waals surface area (Å²) in [5.41, 5.74) is 1.21. The molecule has 0 radical (unpaired) electrons. The Hall–Kier alpha value is -1.92. The molecular weight excluding hydrogens is 246 g/mol. The summed E-state index contributed by atoms with van der Waals surface area (Å²) < 4.78 is 6.54. The van der Waals surface area contributed by atoms with Gasteiger partial charge in [0, 0.05) is 19.9 Å². The number of carbonyl (C=O) groups excluding carboxylic acids is 1. The van der Waals surface area contributed by atoms with E-state index < -0.39 is 6.10 Å². The number of amides is 1. The Balaban J connectivity index is 1.93. The molecule has 6 heteroatoms. The fourth-order valence-electron chi connectivity index (χ4n) is 1.82. The normalized spacial score (nSPS) is 12.5. The van der Waals surface area contributed by atoms with Gasteiger partial charge in [0.1, 0.15) is 11.3 Å². The predicted octanol–water partition coefficient (Wildman–Crippen LogP) is 0.461. The predicted molar refractivity (Wildman–Crippen MR) is 70.0 cm³/mol. The highest BCUT2D eigenvalue weighted by Crippen LogP contribution is 2.05.